The minimum absolute atomic E-state index is 0.194. The molecule has 1 saturated heterocycles. The van der Waals surface area contributed by atoms with E-state index in [2.05, 4.69) is 31.1 Å². The fourth-order valence-corrected chi connectivity index (χ4v) is 3.50. The number of hydrogen-bond acceptors (Lipinski definition) is 7. The summed E-state index contributed by atoms with van der Waals surface area (Å²) in [5, 5.41) is 0.937. The molecule has 0 saturated carbocycles. The van der Waals surface area contributed by atoms with Gasteiger partial charge in [-0.2, -0.15) is 4.36 Å². The molecule has 1 aliphatic rings. The molecule has 0 aromatic carbocycles. The van der Waals surface area contributed by atoms with Gasteiger partial charge in [-0.1, -0.05) is 0 Å². The van der Waals surface area contributed by atoms with E-state index >= 15 is 0 Å². The molecule has 0 aliphatic carbocycles. The quantitative estimate of drug-likeness (QED) is 0.684. The number of aromatic nitrogens is 4. The number of hydrogen-bond donors (Lipinski definition) is 2. The van der Waals surface area contributed by atoms with Gasteiger partial charge in [0.2, 0.25) is 0 Å². The van der Waals surface area contributed by atoms with Gasteiger partial charge in [0, 0.05) is 52.8 Å². The number of morpholine rings is 1. The van der Waals surface area contributed by atoms with Gasteiger partial charge in [0.25, 0.3) is 0 Å². The van der Waals surface area contributed by atoms with E-state index in [1.54, 1.807) is 18.5 Å². The second-order valence-corrected chi connectivity index (χ2v) is 7.32. The van der Waals surface area contributed by atoms with Crippen LogP contribution in [0.4, 0.5) is 11.6 Å². The summed E-state index contributed by atoms with van der Waals surface area (Å²) in [6, 6.07) is 5.81. The van der Waals surface area contributed by atoms with Crippen LogP contribution in [0.25, 0.3) is 22.4 Å². The van der Waals surface area contributed by atoms with E-state index in [1.165, 1.54) is 0 Å². The lowest BCUT2D eigenvalue weighted by molar-refractivity contribution is 0.0985. The molecule has 0 radical (unpaired) electrons. The van der Waals surface area contributed by atoms with Crippen molar-refractivity contribution in [2.24, 2.45) is 4.36 Å². The molecule has 4 heterocycles. The fourth-order valence-electron chi connectivity index (χ4n) is 3.11. The molecule has 0 amide bonds. The topological polar surface area (TPSA) is 96.4 Å². The van der Waals surface area contributed by atoms with Crippen LogP contribution in [0.3, 0.4) is 0 Å². The molecule has 3 aromatic heterocycles. The maximum atomic E-state index is 11.7. The van der Waals surface area contributed by atoms with Crippen molar-refractivity contribution in [3.05, 3.63) is 30.6 Å². The van der Waals surface area contributed by atoms with Gasteiger partial charge >= 0.3 is 0 Å². The Balaban J connectivity index is 1.88. The molecule has 4 rings (SSSR count). The Bertz CT molecular complexity index is 1030. The van der Waals surface area contributed by atoms with Crippen molar-refractivity contribution in [2.75, 3.05) is 30.9 Å². The van der Waals surface area contributed by atoms with Crippen molar-refractivity contribution < 1.29 is 8.95 Å². The van der Waals surface area contributed by atoms with Crippen molar-refractivity contribution in [1.82, 2.24) is 19.9 Å². The normalized spacial score (nSPS) is 19.2. The summed E-state index contributed by atoms with van der Waals surface area (Å²) in [6.45, 7) is 4.13. The first-order chi connectivity index (χ1) is 12.6. The Morgan fingerprint density at radius 2 is 2.27 bits per heavy atom. The SMILES string of the molecule is C[C@@H]1COCCN1c1cc(/N=[SH](\C)=O)nc(-c2ccnc3[nH]ccc23)n1. The molecule has 8 nitrogen and oxygen atoms in total. The zero-order valence-electron chi connectivity index (χ0n) is 14.6. The lowest BCUT2D eigenvalue weighted by Crippen LogP contribution is -2.44. The summed E-state index contributed by atoms with van der Waals surface area (Å²) in [5.74, 6) is 1.73. The van der Waals surface area contributed by atoms with Crippen molar-refractivity contribution in [2.45, 2.75) is 13.0 Å². The molecular weight excluding hydrogens is 352 g/mol. The molecule has 0 spiro atoms. The van der Waals surface area contributed by atoms with E-state index in [1.807, 2.05) is 18.3 Å². The zero-order chi connectivity index (χ0) is 18.1. The van der Waals surface area contributed by atoms with Gasteiger partial charge in [0.05, 0.1) is 19.3 Å². The predicted molar refractivity (Wildman–Crippen MR) is 102 cm³/mol. The van der Waals surface area contributed by atoms with E-state index in [0.717, 1.165) is 29.0 Å². The average molecular weight is 372 g/mol. The summed E-state index contributed by atoms with van der Waals surface area (Å²) in [7, 11) is -1.70. The Morgan fingerprint density at radius 3 is 3.08 bits per heavy atom. The highest BCUT2D eigenvalue weighted by Crippen LogP contribution is 2.29. The van der Waals surface area contributed by atoms with Gasteiger partial charge < -0.3 is 14.6 Å². The standard InChI is InChI=1S/C17H20N6O2S/c1-11-10-25-8-7-23(11)15-9-14(22-26(2)24)20-17(21-15)13-4-6-19-16-12(13)3-5-18-16/h3-6,9,11,26H,7-8,10H2,1-2H3,(H,18,19)/t11-/m1/s1. The lowest BCUT2D eigenvalue weighted by atomic mass is 10.1. The van der Waals surface area contributed by atoms with Crippen LogP contribution in [-0.2, 0) is 15.3 Å². The number of anilines is 1. The molecule has 0 bridgehead atoms. The Morgan fingerprint density at radius 1 is 1.38 bits per heavy atom. The third kappa shape index (κ3) is 3.27. The number of rotatable bonds is 3. The summed E-state index contributed by atoms with van der Waals surface area (Å²) >= 11 is 0. The maximum Gasteiger partial charge on any atom is 0.167 e. The Labute approximate surface area is 152 Å². The number of aromatic amines is 1. The monoisotopic (exact) mass is 372 g/mol. The Hall–Kier alpha value is -2.52. The number of nitrogens with zero attached hydrogens (tertiary/aromatic N) is 5. The minimum atomic E-state index is -1.70. The Kier molecular flexibility index (Phi) is 4.56. The van der Waals surface area contributed by atoms with E-state index < -0.39 is 10.6 Å². The van der Waals surface area contributed by atoms with Crippen LogP contribution in [0, 0.1) is 0 Å². The molecule has 1 unspecified atom stereocenters. The lowest BCUT2D eigenvalue weighted by Gasteiger charge is -2.34. The van der Waals surface area contributed by atoms with Gasteiger partial charge in [0.15, 0.2) is 11.6 Å². The van der Waals surface area contributed by atoms with E-state index in [0.29, 0.717) is 24.9 Å². The number of thiol groups is 1. The van der Waals surface area contributed by atoms with Crippen LogP contribution in [0.2, 0.25) is 0 Å². The smallest absolute Gasteiger partial charge is 0.167 e. The molecule has 1 fully saturated rings. The molecule has 2 atom stereocenters. The summed E-state index contributed by atoms with van der Waals surface area (Å²) in [4.78, 5) is 18.9. The van der Waals surface area contributed by atoms with Gasteiger partial charge in [-0.15, -0.1) is 0 Å². The fraction of sp³-hybridized carbons (Fsp3) is 0.353. The zero-order valence-corrected chi connectivity index (χ0v) is 15.5. The molecule has 1 N–H and O–H groups in total. The molecular formula is C17H20N6O2S. The molecule has 136 valence electrons. The molecule has 9 heteroatoms. The van der Waals surface area contributed by atoms with E-state index in [9.17, 15) is 4.21 Å². The van der Waals surface area contributed by atoms with Crippen LogP contribution in [0.5, 0.6) is 0 Å². The predicted octanol–water partition coefficient (Wildman–Crippen LogP) is 2.17. The molecule has 26 heavy (non-hydrogen) atoms. The van der Waals surface area contributed by atoms with Crippen LogP contribution >= 0.6 is 0 Å². The van der Waals surface area contributed by atoms with Crippen molar-refractivity contribution in [3.63, 3.8) is 0 Å². The average Bonchev–Trinajstić information content (AvgIpc) is 3.10. The highest BCUT2D eigenvalue weighted by molar-refractivity contribution is 7.74. The van der Waals surface area contributed by atoms with Gasteiger partial charge in [0.1, 0.15) is 11.5 Å². The van der Waals surface area contributed by atoms with E-state index in [4.69, 9.17) is 9.72 Å². The number of fused-ring (bicyclic) bond motifs is 1. The maximum absolute atomic E-state index is 11.7. The van der Waals surface area contributed by atoms with Gasteiger partial charge in [-0.3, -0.25) is 4.21 Å². The second kappa shape index (κ2) is 7.00. The van der Waals surface area contributed by atoms with E-state index in [-0.39, 0.29) is 6.04 Å². The van der Waals surface area contributed by atoms with Crippen LogP contribution in [-0.4, -0.2) is 56.2 Å². The number of nitrogens with one attached hydrogen (secondary N) is 1. The minimum Gasteiger partial charge on any atom is -0.377 e. The number of H-pyrrole nitrogens is 1. The summed E-state index contributed by atoms with van der Waals surface area (Å²) < 4.78 is 21.3. The highest BCUT2D eigenvalue weighted by Gasteiger charge is 2.22. The first kappa shape index (κ1) is 16.9. The van der Waals surface area contributed by atoms with Gasteiger partial charge in [-0.25, -0.2) is 15.0 Å². The molecule has 3 aromatic rings. The second-order valence-electron chi connectivity index (χ2n) is 6.19. The van der Waals surface area contributed by atoms with Crippen molar-refractivity contribution in [1.29, 1.82) is 0 Å². The highest BCUT2D eigenvalue weighted by atomic mass is 32.2. The summed E-state index contributed by atoms with van der Waals surface area (Å²) in [5.41, 5.74) is 1.64. The summed E-state index contributed by atoms with van der Waals surface area (Å²) in [6.07, 6.45) is 5.12. The third-order valence-corrected chi connectivity index (χ3v) is 4.79. The van der Waals surface area contributed by atoms with Crippen LogP contribution < -0.4 is 4.90 Å². The first-order valence-corrected chi connectivity index (χ1v) is 10.1. The van der Waals surface area contributed by atoms with Gasteiger partial charge in [-0.05, 0) is 19.1 Å². The van der Waals surface area contributed by atoms with Crippen molar-refractivity contribution in [3.8, 4) is 11.4 Å². The number of pyridine rings is 1. The number of ether oxygens (including phenoxy) is 1. The van der Waals surface area contributed by atoms with Crippen LogP contribution in [0.1, 0.15) is 6.92 Å². The first-order valence-electron chi connectivity index (χ1n) is 8.40. The van der Waals surface area contributed by atoms with Crippen LogP contribution in [0.15, 0.2) is 35.0 Å². The largest absolute Gasteiger partial charge is 0.377 e. The van der Waals surface area contributed by atoms with Crippen molar-refractivity contribution >= 4 is 33.3 Å². The third-order valence-electron chi connectivity index (χ3n) is 4.31. The molecule has 1 aliphatic heterocycles.